The van der Waals surface area contributed by atoms with Crippen molar-refractivity contribution in [2.45, 2.75) is 30.8 Å². The van der Waals surface area contributed by atoms with Gasteiger partial charge in [-0.3, -0.25) is 4.90 Å². The molecule has 0 bridgehead atoms. The normalized spacial score (nSPS) is 24.7. The summed E-state index contributed by atoms with van der Waals surface area (Å²) in [5, 5.41) is 2.23. The molecular formula is C33H37ClN4. The number of piperidine rings is 1. The number of aromatic amines is 1. The van der Waals surface area contributed by atoms with Gasteiger partial charge in [0.25, 0.3) is 0 Å². The molecule has 0 saturated carbocycles. The van der Waals surface area contributed by atoms with Crippen molar-refractivity contribution in [1.29, 1.82) is 0 Å². The van der Waals surface area contributed by atoms with E-state index in [1.165, 1.54) is 52.7 Å². The van der Waals surface area contributed by atoms with Crippen molar-refractivity contribution in [3.63, 3.8) is 0 Å². The number of benzene rings is 3. The summed E-state index contributed by atoms with van der Waals surface area (Å²) >= 11 is 6.64. The highest BCUT2D eigenvalue weighted by Gasteiger charge is 2.40. The summed E-state index contributed by atoms with van der Waals surface area (Å²) in [5.74, 6) is 1.28. The average molecular weight is 525 g/mol. The predicted molar refractivity (Wildman–Crippen MR) is 157 cm³/mol. The maximum atomic E-state index is 6.64. The minimum Gasteiger partial charge on any atom is -0.345 e. The van der Waals surface area contributed by atoms with Gasteiger partial charge in [0.2, 0.25) is 0 Å². The number of aromatic nitrogens is 1. The van der Waals surface area contributed by atoms with Gasteiger partial charge in [0, 0.05) is 62.1 Å². The first-order valence-corrected chi connectivity index (χ1v) is 14.6. The summed E-state index contributed by atoms with van der Waals surface area (Å²) in [6, 6.07) is 29.7. The van der Waals surface area contributed by atoms with E-state index in [1.54, 1.807) is 0 Å². The standard InChI is InChI=1S/C33H37ClN4/c1-36-21-23(19-27-26-13-8-14-29-31(26)28(20-30(27)36)33(34)35-29)22-37-15-17-38(18-16-37)32(24-9-4-2-5-10-24)25-11-6-3-7-12-25/h2-14,23,27,30,32,35H,15-22H2,1H3/t23-,27-,30-/m1/s1. The molecule has 0 spiro atoms. The number of likely N-dealkylation sites (N-methyl/N-ethyl adjacent to an activating group) is 1. The first-order valence-electron chi connectivity index (χ1n) is 14.2. The Hall–Kier alpha value is -2.63. The maximum absolute atomic E-state index is 6.64. The molecule has 0 amide bonds. The zero-order valence-electron chi connectivity index (χ0n) is 22.2. The number of halogens is 1. The zero-order chi connectivity index (χ0) is 25.6. The van der Waals surface area contributed by atoms with E-state index in [1.807, 2.05) is 0 Å². The van der Waals surface area contributed by atoms with Gasteiger partial charge in [-0.15, -0.1) is 0 Å². The average Bonchev–Trinajstić information content (AvgIpc) is 3.27. The molecular weight excluding hydrogens is 488 g/mol. The molecule has 3 atom stereocenters. The van der Waals surface area contributed by atoms with Crippen LogP contribution in [0.2, 0.25) is 5.15 Å². The lowest BCUT2D eigenvalue weighted by Crippen LogP contribution is -2.53. The molecule has 1 N–H and O–H groups in total. The topological polar surface area (TPSA) is 25.5 Å². The van der Waals surface area contributed by atoms with Crippen molar-refractivity contribution >= 4 is 22.5 Å². The third kappa shape index (κ3) is 4.38. The molecule has 4 aromatic rings. The quantitative estimate of drug-likeness (QED) is 0.337. The summed E-state index contributed by atoms with van der Waals surface area (Å²) in [4.78, 5) is 11.5. The van der Waals surface area contributed by atoms with Crippen molar-refractivity contribution in [2.24, 2.45) is 5.92 Å². The number of fused-ring (bicyclic) bond motifs is 2. The fraction of sp³-hybridized carbons (Fsp3) is 0.394. The number of likely N-dealkylation sites (tertiary alicyclic amines) is 1. The van der Waals surface area contributed by atoms with Crippen molar-refractivity contribution in [3.8, 4) is 0 Å². The first-order chi connectivity index (χ1) is 18.7. The van der Waals surface area contributed by atoms with Gasteiger partial charge in [-0.1, -0.05) is 84.4 Å². The Morgan fingerprint density at radius 1 is 0.868 bits per heavy atom. The molecule has 3 aliphatic rings. The van der Waals surface area contributed by atoms with Gasteiger partial charge in [-0.05, 0) is 54.1 Å². The Bertz CT molecular complexity index is 1350. The molecule has 5 heteroatoms. The third-order valence-electron chi connectivity index (χ3n) is 9.40. The van der Waals surface area contributed by atoms with E-state index < -0.39 is 0 Å². The van der Waals surface area contributed by atoms with E-state index in [-0.39, 0.29) is 0 Å². The Labute approximate surface area is 231 Å². The lowest BCUT2D eigenvalue weighted by Gasteiger charge is -2.47. The predicted octanol–water partition coefficient (Wildman–Crippen LogP) is 6.19. The number of nitrogens with one attached hydrogen (secondary N) is 1. The Morgan fingerprint density at radius 2 is 1.55 bits per heavy atom. The molecule has 38 heavy (non-hydrogen) atoms. The Morgan fingerprint density at radius 3 is 2.24 bits per heavy atom. The largest absolute Gasteiger partial charge is 0.345 e. The van der Waals surface area contributed by atoms with Gasteiger partial charge in [0.05, 0.1) is 6.04 Å². The molecule has 7 rings (SSSR count). The van der Waals surface area contributed by atoms with Crippen LogP contribution in [0.15, 0.2) is 78.9 Å². The van der Waals surface area contributed by atoms with Crippen LogP contribution in [0.5, 0.6) is 0 Å². The summed E-state index contributed by atoms with van der Waals surface area (Å²) < 4.78 is 0. The fourth-order valence-electron chi connectivity index (χ4n) is 7.68. The molecule has 0 unspecified atom stereocenters. The minimum absolute atomic E-state index is 0.325. The molecule has 3 heterocycles. The van der Waals surface area contributed by atoms with Crippen LogP contribution >= 0.6 is 11.6 Å². The highest BCUT2D eigenvalue weighted by Crippen LogP contribution is 2.46. The number of piperazine rings is 1. The Balaban J connectivity index is 1.05. The van der Waals surface area contributed by atoms with Crippen LogP contribution in [0.3, 0.4) is 0 Å². The monoisotopic (exact) mass is 524 g/mol. The second kappa shape index (κ2) is 10.2. The van der Waals surface area contributed by atoms with E-state index >= 15 is 0 Å². The number of hydrogen-bond acceptors (Lipinski definition) is 3. The highest BCUT2D eigenvalue weighted by atomic mass is 35.5. The van der Waals surface area contributed by atoms with Crippen molar-refractivity contribution in [3.05, 3.63) is 106 Å². The van der Waals surface area contributed by atoms with E-state index in [2.05, 4.69) is 106 Å². The summed E-state index contributed by atoms with van der Waals surface area (Å²) in [7, 11) is 2.33. The van der Waals surface area contributed by atoms with Gasteiger partial charge in [0.1, 0.15) is 5.15 Å². The SMILES string of the molecule is CN1C[C@H](CN2CCN(C(c3ccccc3)c3ccccc3)CC2)C[C@@H]2c3cccc4[nH]c(Cl)c(c34)C[C@H]21. The van der Waals surface area contributed by atoms with Gasteiger partial charge in [0.15, 0.2) is 0 Å². The highest BCUT2D eigenvalue weighted by molar-refractivity contribution is 6.32. The van der Waals surface area contributed by atoms with E-state index in [0.29, 0.717) is 23.9 Å². The number of rotatable bonds is 5. The van der Waals surface area contributed by atoms with Crippen molar-refractivity contribution < 1.29 is 0 Å². The zero-order valence-corrected chi connectivity index (χ0v) is 22.9. The van der Waals surface area contributed by atoms with Crippen molar-refractivity contribution in [1.82, 2.24) is 19.7 Å². The third-order valence-corrected chi connectivity index (χ3v) is 9.73. The van der Waals surface area contributed by atoms with Crippen LogP contribution in [-0.2, 0) is 6.42 Å². The van der Waals surface area contributed by atoms with E-state index in [9.17, 15) is 0 Å². The number of H-pyrrole nitrogens is 1. The number of nitrogens with zero attached hydrogens (tertiary/aromatic N) is 3. The van der Waals surface area contributed by atoms with Gasteiger partial charge in [-0.25, -0.2) is 0 Å². The van der Waals surface area contributed by atoms with E-state index in [4.69, 9.17) is 11.6 Å². The molecule has 1 aromatic heterocycles. The molecule has 4 nitrogen and oxygen atoms in total. The van der Waals surface area contributed by atoms with Crippen LogP contribution < -0.4 is 0 Å². The van der Waals surface area contributed by atoms with Crippen LogP contribution in [0.4, 0.5) is 0 Å². The molecule has 2 fully saturated rings. The van der Waals surface area contributed by atoms with Crippen molar-refractivity contribution in [2.75, 3.05) is 46.3 Å². The molecule has 1 aliphatic carbocycles. The smallest absolute Gasteiger partial charge is 0.110 e. The molecule has 3 aromatic carbocycles. The summed E-state index contributed by atoms with van der Waals surface area (Å²) in [6.45, 7) is 6.85. The van der Waals surface area contributed by atoms with Crippen LogP contribution in [0.25, 0.3) is 10.9 Å². The van der Waals surface area contributed by atoms with Crippen LogP contribution in [0, 0.1) is 5.92 Å². The lowest BCUT2D eigenvalue weighted by atomic mass is 9.72. The molecule has 2 saturated heterocycles. The van der Waals surface area contributed by atoms with Gasteiger partial charge >= 0.3 is 0 Å². The first kappa shape index (κ1) is 24.4. The minimum atomic E-state index is 0.325. The summed E-state index contributed by atoms with van der Waals surface area (Å²) in [5.41, 5.74) is 6.82. The fourth-order valence-corrected chi connectivity index (χ4v) is 7.96. The molecule has 2 aliphatic heterocycles. The molecule has 196 valence electrons. The van der Waals surface area contributed by atoms with Gasteiger partial charge < -0.3 is 14.8 Å². The van der Waals surface area contributed by atoms with E-state index in [0.717, 1.165) is 37.8 Å². The number of hydrogen-bond donors (Lipinski definition) is 1. The lowest BCUT2D eigenvalue weighted by molar-refractivity contribution is 0.0587. The Kier molecular flexibility index (Phi) is 6.53. The second-order valence-corrected chi connectivity index (χ2v) is 12.0. The molecule has 0 radical (unpaired) electrons. The maximum Gasteiger partial charge on any atom is 0.110 e. The second-order valence-electron chi connectivity index (χ2n) is 11.7. The van der Waals surface area contributed by atoms with Crippen LogP contribution in [0.1, 0.15) is 40.6 Å². The van der Waals surface area contributed by atoms with Crippen LogP contribution in [-0.4, -0.2) is 72.0 Å². The summed E-state index contributed by atoms with van der Waals surface area (Å²) in [6.07, 6.45) is 2.33. The van der Waals surface area contributed by atoms with Gasteiger partial charge in [-0.2, -0.15) is 0 Å².